The molecule has 150 valence electrons. The normalized spacial score (nSPS) is 15.1. The van der Waals surface area contributed by atoms with E-state index in [9.17, 15) is 13.6 Å². The molecule has 3 rings (SSSR count). The summed E-state index contributed by atoms with van der Waals surface area (Å²) in [7, 11) is 1.65. The highest BCUT2D eigenvalue weighted by atomic mass is 19.1. The summed E-state index contributed by atoms with van der Waals surface area (Å²) in [4.78, 5) is 15.9. The standard InChI is InChI=1S/C22H27F2N3O/c1-25-22(28)27-15-13-26(14-16-27)12-2-3-21(17-4-8-19(23)9-5-17)18-6-10-20(24)11-7-18/h4-11,21H,2-3,12-16H2,1H3,(H,25,28). The first kappa shape index (κ1) is 20.3. The van der Waals surface area contributed by atoms with E-state index in [4.69, 9.17) is 0 Å². The Bertz CT molecular complexity index is 711. The highest BCUT2D eigenvalue weighted by molar-refractivity contribution is 5.73. The molecule has 28 heavy (non-hydrogen) atoms. The molecule has 2 aromatic rings. The van der Waals surface area contributed by atoms with Crippen LogP contribution >= 0.6 is 0 Å². The van der Waals surface area contributed by atoms with Crippen molar-refractivity contribution in [2.24, 2.45) is 0 Å². The molecule has 1 aliphatic rings. The number of hydrogen-bond acceptors (Lipinski definition) is 2. The Morgan fingerprint density at radius 2 is 1.43 bits per heavy atom. The molecule has 1 N–H and O–H groups in total. The van der Waals surface area contributed by atoms with Gasteiger partial charge in [-0.2, -0.15) is 0 Å². The van der Waals surface area contributed by atoms with E-state index < -0.39 is 0 Å². The number of hydrogen-bond donors (Lipinski definition) is 1. The quantitative estimate of drug-likeness (QED) is 0.818. The van der Waals surface area contributed by atoms with Crippen molar-refractivity contribution in [1.82, 2.24) is 15.1 Å². The lowest BCUT2D eigenvalue weighted by molar-refractivity contribution is 0.139. The number of carbonyl (C=O) groups is 1. The van der Waals surface area contributed by atoms with Gasteiger partial charge in [-0.1, -0.05) is 24.3 Å². The zero-order valence-corrected chi connectivity index (χ0v) is 16.2. The third kappa shape index (κ3) is 5.29. The number of benzene rings is 2. The van der Waals surface area contributed by atoms with E-state index >= 15 is 0 Å². The van der Waals surface area contributed by atoms with Gasteiger partial charge < -0.3 is 10.2 Å². The number of nitrogens with one attached hydrogen (secondary N) is 1. The van der Waals surface area contributed by atoms with Crippen molar-refractivity contribution in [3.05, 3.63) is 71.3 Å². The van der Waals surface area contributed by atoms with Crippen molar-refractivity contribution in [2.45, 2.75) is 18.8 Å². The predicted octanol–water partition coefficient (Wildman–Crippen LogP) is 3.83. The van der Waals surface area contributed by atoms with E-state index in [2.05, 4.69) is 10.2 Å². The second-order valence-corrected chi connectivity index (χ2v) is 7.18. The molecule has 0 aliphatic carbocycles. The van der Waals surface area contributed by atoms with Crippen LogP contribution in [0.25, 0.3) is 0 Å². The molecule has 0 atom stereocenters. The fourth-order valence-electron chi connectivity index (χ4n) is 3.77. The summed E-state index contributed by atoms with van der Waals surface area (Å²) in [6, 6.07) is 13.1. The molecule has 0 saturated carbocycles. The lowest BCUT2D eigenvalue weighted by Crippen LogP contribution is -2.51. The topological polar surface area (TPSA) is 35.6 Å². The number of carbonyl (C=O) groups excluding carboxylic acids is 1. The number of nitrogens with zero attached hydrogens (tertiary/aromatic N) is 2. The van der Waals surface area contributed by atoms with Crippen molar-refractivity contribution in [2.75, 3.05) is 39.8 Å². The number of piperazine rings is 1. The molecule has 1 heterocycles. The highest BCUT2D eigenvalue weighted by Gasteiger charge is 2.21. The predicted molar refractivity (Wildman–Crippen MR) is 106 cm³/mol. The molecule has 0 unspecified atom stereocenters. The number of amides is 2. The van der Waals surface area contributed by atoms with Crippen LogP contribution < -0.4 is 5.32 Å². The van der Waals surface area contributed by atoms with Crippen LogP contribution in [0.2, 0.25) is 0 Å². The Hall–Kier alpha value is -2.47. The van der Waals surface area contributed by atoms with Gasteiger partial charge in [0.1, 0.15) is 11.6 Å². The van der Waals surface area contributed by atoms with Crippen molar-refractivity contribution < 1.29 is 13.6 Å². The van der Waals surface area contributed by atoms with Gasteiger partial charge in [-0.05, 0) is 54.8 Å². The van der Waals surface area contributed by atoms with Crippen LogP contribution in [0.15, 0.2) is 48.5 Å². The second-order valence-electron chi connectivity index (χ2n) is 7.18. The first-order valence-corrected chi connectivity index (χ1v) is 9.77. The van der Waals surface area contributed by atoms with Crippen LogP contribution in [0, 0.1) is 11.6 Å². The van der Waals surface area contributed by atoms with Crippen LogP contribution in [0.3, 0.4) is 0 Å². The van der Waals surface area contributed by atoms with E-state index in [-0.39, 0.29) is 23.6 Å². The van der Waals surface area contributed by atoms with Gasteiger partial charge in [0.2, 0.25) is 0 Å². The minimum absolute atomic E-state index is 0.0210. The maximum Gasteiger partial charge on any atom is 0.317 e. The summed E-state index contributed by atoms with van der Waals surface area (Å²) < 4.78 is 26.7. The first-order chi connectivity index (χ1) is 13.6. The molecule has 0 bridgehead atoms. The fourth-order valence-corrected chi connectivity index (χ4v) is 3.77. The smallest absolute Gasteiger partial charge is 0.317 e. The van der Waals surface area contributed by atoms with Crippen LogP contribution in [-0.2, 0) is 0 Å². The maximum atomic E-state index is 13.3. The molecule has 4 nitrogen and oxygen atoms in total. The molecule has 1 saturated heterocycles. The third-order valence-electron chi connectivity index (χ3n) is 5.39. The first-order valence-electron chi connectivity index (χ1n) is 9.77. The fraction of sp³-hybridized carbons (Fsp3) is 0.409. The van der Waals surface area contributed by atoms with E-state index in [0.717, 1.165) is 56.7 Å². The lowest BCUT2D eigenvalue weighted by Gasteiger charge is -2.34. The van der Waals surface area contributed by atoms with E-state index in [1.807, 2.05) is 29.2 Å². The Balaban J connectivity index is 1.59. The van der Waals surface area contributed by atoms with Crippen LogP contribution in [0.4, 0.5) is 13.6 Å². The molecule has 2 aromatic carbocycles. The zero-order chi connectivity index (χ0) is 19.9. The average Bonchev–Trinajstić information content (AvgIpc) is 2.73. The Kier molecular flexibility index (Phi) is 6.98. The van der Waals surface area contributed by atoms with Gasteiger partial charge in [0.15, 0.2) is 0 Å². The van der Waals surface area contributed by atoms with Gasteiger partial charge in [0.25, 0.3) is 0 Å². The third-order valence-corrected chi connectivity index (χ3v) is 5.39. The molecule has 2 amide bonds. The number of rotatable bonds is 6. The molecule has 6 heteroatoms. The Labute approximate surface area is 165 Å². The molecule has 0 aromatic heterocycles. The van der Waals surface area contributed by atoms with Gasteiger partial charge >= 0.3 is 6.03 Å². The molecule has 0 radical (unpaired) electrons. The van der Waals surface area contributed by atoms with E-state index in [0.29, 0.717) is 0 Å². The van der Waals surface area contributed by atoms with Crippen LogP contribution in [-0.4, -0.2) is 55.6 Å². The molecule has 1 fully saturated rings. The number of urea groups is 1. The van der Waals surface area contributed by atoms with E-state index in [1.54, 1.807) is 7.05 Å². The molecule has 0 spiro atoms. The van der Waals surface area contributed by atoms with Gasteiger partial charge in [-0.3, -0.25) is 4.90 Å². The molecule has 1 aliphatic heterocycles. The Morgan fingerprint density at radius 3 is 1.89 bits per heavy atom. The van der Waals surface area contributed by atoms with Gasteiger partial charge in [-0.15, -0.1) is 0 Å². The summed E-state index contributed by atoms with van der Waals surface area (Å²) in [5.41, 5.74) is 2.08. The lowest BCUT2D eigenvalue weighted by atomic mass is 9.87. The Morgan fingerprint density at radius 1 is 0.929 bits per heavy atom. The average molecular weight is 387 g/mol. The van der Waals surface area contributed by atoms with Crippen molar-refractivity contribution in [1.29, 1.82) is 0 Å². The number of halogens is 2. The maximum absolute atomic E-state index is 13.3. The summed E-state index contributed by atoms with van der Waals surface area (Å²) in [5.74, 6) is -0.403. The minimum atomic E-state index is -0.254. The molecular formula is C22H27F2N3O. The molecular weight excluding hydrogens is 360 g/mol. The van der Waals surface area contributed by atoms with Crippen LogP contribution in [0.5, 0.6) is 0 Å². The highest BCUT2D eigenvalue weighted by Crippen LogP contribution is 2.29. The van der Waals surface area contributed by atoms with Crippen molar-refractivity contribution in [3.8, 4) is 0 Å². The SMILES string of the molecule is CNC(=O)N1CCN(CCCC(c2ccc(F)cc2)c2ccc(F)cc2)CC1. The second kappa shape index (κ2) is 9.64. The summed E-state index contributed by atoms with van der Waals surface area (Å²) >= 11 is 0. The van der Waals surface area contributed by atoms with Gasteiger partial charge in [0, 0.05) is 39.1 Å². The van der Waals surface area contributed by atoms with Gasteiger partial charge in [-0.25, -0.2) is 13.6 Å². The summed E-state index contributed by atoms with van der Waals surface area (Å²) in [6.07, 6.45) is 1.87. The van der Waals surface area contributed by atoms with Crippen molar-refractivity contribution >= 4 is 6.03 Å². The monoisotopic (exact) mass is 387 g/mol. The zero-order valence-electron chi connectivity index (χ0n) is 16.2. The van der Waals surface area contributed by atoms with Crippen molar-refractivity contribution in [3.63, 3.8) is 0 Å². The largest absolute Gasteiger partial charge is 0.341 e. The summed E-state index contributed by atoms with van der Waals surface area (Å²) in [5, 5.41) is 2.67. The summed E-state index contributed by atoms with van der Waals surface area (Å²) in [6.45, 7) is 4.15. The van der Waals surface area contributed by atoms with Crippen LogP contribution in [0.1, 0.15) is 29.9 Å². The minimum Gasteiger partial charge on any atom is -0.341 e. The van der Waals surface area contributed by atoms with Gasteiger partial charge in [0.05, 0.1) is 0 Å². The van der Waals surface area contributed by atoms with E-state index in [1.165, 1.54) is 24.3 Å².